The first-order chi connectivity index (χ1) is 21.8. The predicted molar refractivity (Wildman–Crippen MR) is 186 cm³/mol. The minimum Gasteiger partial charge on any atom is -0.309 e. The number of nitrogens with zero attached hydrogens (tertiary/aromatic N) is 2. The summed E-state index contributed by atoms with van der Waals surface area (Å²) in [7, 11) is 0. The lowest BCUT2D eigenvalue weighted by Crippen LogP contribution is -1.95. The van der Waals surface area contributed by atoms with Gasteiger partial charge in [0.05, 0.1) is 22.1 Å². The summed E-state index contributed by atoms with van der Waals surface area (Å²) in [6.07, 6.45) is 0. The summed E-state index contributed by atoms with van der Waals surface area (Å²) in [4.78, 5) is 0. The Kier molecular flexibility index (Phi) is 5.54. The smallest absolute Gasteiger partial charge is 0.0548 e. The van der Waals surface area contributed by atoms with E-state index in [1.54, 1.807) is 0 Å². The zero-order chi connectivity index (χ0) is 29.0. The van der Waals surface area contributed by atoms with Crippen molar-refractivity contribution in [3.63, 3.8) is 0 Å². The second kappa shape index (κ2) is 9.86. The molecule has 0 amide bonds. The molecule has 2 nitrogen and oxygen atoms in total. The molecule has 44 heavy (non-hydrogen) atoms. The summed E-state index contributed by atoms with van der Waals surface area (Å²) >= 11 is 0. The second-order valence-corrected chi connectivity index (χ2v) is 11.4. The van der Waals surface area contributed by atoms with Crippen LogP contribution in [-0.2, 0) is 0 Å². The van der Waals surface area contributed by atoms with Gasteiger partial charge in [-0.3, -0.25) is 0 Å². The van der Waals surface area contributed by atoms with Crippen LogP contribution in [0.5, 0.6) is 0 Å². The summed E-state index contributed by atoms with van der Waals surface area (Å²) in [6.45, 7) is 0. The fourth-order valence-corrected chi connectivity index (χ4v) is 6.96. The largest absolute Gasteiger partial charge is 0.309 e. The Balaban J connectivity index is 1.27. The summed E-state index contributed by atoms with van der Waals surface area (Å²) in [5.41, 5.74) is 12.1. The highest BCUT2D eigenvalue weighted by molar-refractivity contribution is 6.19. The van der Waals surface area contributed by atoms with Gasteiger partial charge in [-0.25, -0.2) is 0 Å². The summed E-state index contributed by atoms with van der Waals surface area (Å²) < 4.78 is 4.82. The van der Waals surface area contributed by atoms with E-state index in [4.69, 9.17) is 0 Å². The van der Waals surface area contributed by atoms with Crippen LogP contribution in [0.2, 0.25) is 0 Å². The summed E-state index contributed by atoms with van der Waals surface area (Å²) in [5.74, 6) is 0. The maximum atomic E-state index is 2.42. The molecule has 9 rings (SSSR count). The van der Waals surface area contributed by atoms with Gasteiger partial charge >= 0.3 is 0 Å². The zero-order valence-corrected chi connectivity index (χ0v) is 24.1. The molecule has 0 atom stereocenters. The van der Waals surface area contributed by atoms with Crippen LogP contribution in [0, 0.1) is 0 Å². The van der Waals surface area contributed by atoms with Crippen molar-refractivity contribution < 1.29 is 0 Å². The van der Waals surface area contributed by atoms with E-state index in [0.29, 0.717) is 0 Å². The second-order valence-electron chi connectivity index (χ2n) is 11.4. The van der Waals surface area contributed by atoms with Crippen molar-refractivity contribution in [1.82, 2.24) is 9.13 Å². The number of hydrogen-bond donors (Lipinski definition) is 0. The van der Waals surface area contributed by atoms with Crippen LogP contribution in [0.1, 0.15) is 0 Å². The van der Waals surface area contributed by atoms with Crippen LogP contribution in [0.4, 0.5) is 0 Å². The molecule has 0 spiro atoms. The minimum atomic E-state index is 1.16. The molecule has 0 aliphatic rings. The van der Waals surface area contributed by atoms with Crippen molar-refractivity contribution in [3.8, 4) is 33.6 Å². The Morgan fingerprint density at radius 3 is 1.23 bits per heavy atom. The zero-order valence-electron chi connectivity index (χ0n) is 24.1. The maximum absolute atomic E-state index is 2.42. The molecule has 7 aromatic carbocycles. The van der Waals surface area contributed by atoms with Gasteiger partial charge in [-0.1, -0.05) is 121 Å². The molecular weight excluding hydrogens is 532 g/mol. The Labute approximate surface area is 255 Å². The average molecular weight is 561 g/mol. The summed E-state index contributed by atoms with van der Waals surface area (Å²) in [6, 6.07) is 61.4. The fourth-order valence-electron chi connectivity index (χ4n) is 6.96. The Hall–Kier alpha value is -5.86. The molecule has 0 aliphatic carbocycles. The molecule has 9 aromatic rings. The molecule has 2 aromatic heterocycles. The first-order valence-electron chi connectivity index (χ1n) is 15.1. The molecule has 0 saturated heterocycles. The molecule has 0 aliphatic heterocycles. The van der Waals surface area contributed by atoms with Gasteiger partial charge in [0, 0.05) is 32.9 Å². The van der Waals surface area contributed by atoms with E-state index < -0.39 is 0 Å². The average Bonchev–Trinajstić information content (AvgIpc) is 3.60. The van der Waals surface area contributed by atoms with Crippen LogP contribution in [0.15, 0.2) is 170 Å². The van der Waals surface area contributed by atoms with Gasteiger partial charge in [-0.15, -0.1) is 0 Å². The van der Waals surface area contributed by atoms with Crippen LogP contribution in [-0.4, -0.2) is 9.13 Å². The molecule has 0 unspecified atom stereocenters. The van der Waals surface area contributed by atoms with E-state index in [1.807, 2.05) is 0 Å². The van der Waals surface area contributed by atoms with Gasteiger partial charge in [0.15, 0.2) is 0 Å². The van der Waals surface area contributed by atoms with Crippen LogP contribution < -0.4 is 0 Å². The van der Waals surface area contributed by atoms with Crippen molar-refractivity contribution >= 4 is 43.6 Å². The first kappa shape index (κ1) is 24.7. The molecule has 2 heteroatoms. The number of rotatable bonds is 4. The highest BCUT2D eigenvalue weighted by atomic mass is 15.0. The third-order valence-corrected chi connectivity index (χ3v) is 8.93. The van der Waals surface area contributed by atoms with Crippen molar-refractivity contribution in [1.29, 1.82) is 0 Å². The molecule has 0 N–H and O–H groups in total. The Morgan fingerprint density at radius 2 is 0.682 bits per heavy atom. The Morgan fingerprint density at radius 1 is 0.273 bits per heavy atom. The van der Waals surface area contributed by atoms with Gasteiger partial charge in [0.1, 0.15) is 0 Å². The standard InChI is InChI=1S/C42H28N2/c1-3-13-29(14-4-1)33-17-7-8-18-34(33)30-23-25-32(26-24-30)44-40-22-12-10-20-36(40)38-27-41-37(28-42(38)44)35-19-9-11-21-39(35)43(41)31-15-5-2-6-16-31/h1-28H. The van der Waals surface area contributed by atoms with E-state index in [2.05, 4.69) is 179 Å². The van der Waals surface area contributed by atoms with E-state index in [1.165, 1.54) is 71.6 Å². The van der Waals surface area contributed by atoms with Crippen LogP contribution in [0.25, 0.3) is 77.2 Å². The van der Waals surface area contributed by atoms with Crippen molar-refractivity contribution in [2.45, 2.75) is 0 Å². The van der Waals surface area contributed by atoms with Crippen LogP contribution in [0.3, 0.4) is 0 Å². The van der Waals surface area contributed by atoms with Crippen molar-refractivity contribution in [2.75, 3.05) is 0 Å². The lowest BCUT2D eigenvalue weighted by molar-refractivity contribution is 1.17. The molecule has 2 heterocycles. The van der Waals surface area contributed by atoms with Gasteiger partial charge < -0.3 is 9.13 Å². The Bertz CT molecular complexity index is 2460. The minimum absolute atomic E-state index is 1.16. The highest BCUT2D eigenvalue weighted by Gasteiger charge is 2.18. The maximum Gasteiger partial charge on any atom is 0.0548 e. The number of fused-ring (bicyclic) bond motifs is 6. The van der Waals surface area contributed by atoms with E-state index in [9.17, 15) is 0 Å². The number of aromatic nitrogens is 2. The first-order valence-corrected chi connectivity index (χ1v) is 15.1. The topological polar surface area (TPSA) is 9.86 Å². The quantitative estimate of drug-likeness (QED) is 0.203. The monoisotopic (exact) mass is 560 g/mol. The fraction of sp³-hybridized carbons (Fsp3) is 0. The SMILES string of the molecule is c1ccc(-c2ccccc2-c2ccc(-n3c4ccccc4c4cc5c(cc43)c3ccccc3n5-c3ccccc3)cc2)cc1. The third-order valence-electron chi connectivity index (χ3n) is 8.93. The predicted octanol–water partition coefficient (Wildman–Crippen LogP) is 11.2. The van der Waals surface area contributed by atoms with Gasteiger partial charge in [-0.05, 0) is 70.8 Å². The molecule has 0 fully saturated rings. The number of para-hydroxylation sites is 3. The summed E-state index contributed by atoms with van der Waals surface area (Å²) in [5, 5.41) is 5.03. The highest BCUT2D eigenvalue weighted by Crippen LogP contribution is 2.40. The lowest BCUT2D eigenvalue weighted by Gasteiger charge is -2.12. The molecule has 0 saturated carbocycles. The van der Waals surface area contributed by atoms with Gasteiger partial charge in [0.2, 0.25) is 0 Å². The molecule has 0 radical (unpaired) electrons. The molecular formula is C42H28N2. The number of hydrogen-bond acceptors (Lipinski definition) is 0. The van der Waals surface area contributed by atoms with E-state index in [-0.39, 0.29) is 0 Å². The van der Waals surface area contributed by atoms with Gasteiger partial charge in [0.25, 0.3) is 0 Å². The lowest BCUT2D eigenvalue weighted by atomic mass is 9.94. The molecule has 0 bridgehead atoms. The van der Waals surface area contributed by atoms with Crippen LogP contribution >= 0.6 is 0 Å². The normalized spacial score (nSPS) is 11.6. The van der Waals surface area contributed by atoms with Crippen molar-refractivity contribution in [2.24, 2.45) is 0 Å². The molecule has 206 valence electrons. The third kappa shape index (κ3) is 3.75. The van der Waals surface area contributed by atoms with Crippen molar-refractivity contribution in [3.05, 3.63) is 170 Å². The number of benzene rings is 7. The van der Waals surface area contributed by atoms with E-state index >= 15 is 0 Å². The van der Waals surface area contributed by atoms with E-state index in [0.717, 1.165) is 5.69 Å². The van der Waals surface area contributed by atoms with Gasteiger partial charge in [-0.2, -0.15) is 0 Å².